The van der Waals surface area contributed by atoms with E-state index >= 15 is 0 Å². The van der Waals surface area contributed by atoms with E-state index in [1.807, 2.05) is 0 Å². The van der Waals surface area contributed by atoms with Crippen molar-refractivity contribution in [3.8, 4) is 5.69 Å². The lowest BCUT2D eigenvalue weighted by atomic mass is 10.1. The zero-order chi connectivity index (χ0) is 20.6. The molecular formula is C18H18F2N8O. The number of amides is 1. The number of likely N-dealkylation sites (tertiary alicyclic amines) is 1. The molecule has 1 aliphatic rings. The molecule has 0 saturated carbocycles. The van der Waals surface area contributed by atoms with E-state index in [0.29, 0.717) is 28.0 Å². The molecule has 0 atom stereocenters. The summed E-state index contributed by atoms with van der Waals surface area (Å²) >= 11 is 0. The minimum atomic E-state index is -2.70. The Labute approximate surface area is 164 Å². The normalized spacial score (nSPS) is 16.9. The Morgan fingerprint density at radius 3 is 2.59 bits per heavy atom. The summed E-state index contributed by atoms with van der Waals surface area (Å²) in [6.07, 6.45) is 0.910. The Bertz CT molecular complexity index is 1080. The predicted octanol–water partition coefficient (Wildman–Crippen LogP) is 1.27. The first kappa shape index (κ1) is 18.7. The van der Waals surface area contributed by atoms with Crippen LogP contribution in [0.2, 0.25) is 0 Å². The van der Waals surface area contributed by atoms with E-state index in [4.69, 9.17) is 11.6 Å². The summed E-state index contributed by atoms with van der Waals surface area (Å²) in [5, 5.41) is 11.6. The highest BCUT2D eigenvalue weighted by atomic mass is 19.3. The van der Waals surface area contributed by atoms with Gasteiger partial charge in [-0.2, -0.15) is 5.10 Å². The number of nitrogens with two attached hydrogens (primary N) is 2. The maximum atomic E-state index is 13.3. The number of fused-ring (bicyclic) bond motifs is 1. The van der Waals surface area contributed by atoms with Gasteiger partial charge in [-0.25, -0.2) is 13.5 Å². The molecule has 1 fully saturated rings. The van der Waals surface area contributed by atoms with Crippen LogP contribution >= 0.6 is 0 Å². The van der Waals surface area contributed by atoms with Gasteiger partial charge in [-0.1, -0.05) is 5.21 Å². The largest absolute Gasteiger partial charge is 0.380 e. The fourth-order valence-corrected chi connectivity index (χ4v) is 3.20. The van der Waals surface area contributed by atoms with Gasteiger partial charge in [-0.3, -0.25) is 9.78 Å². The van der Waals surface area contributed by atoms with Crippen LogP contribution in [0.15, 0.2) is 41.6 Å². The molecule has 11 heteroatoms. The SMILES string of the molecule is N/N=C(\N)c1ccc(-n2nnc3cc(C(=O)N4CCC(F)(F)CC4)ccc32)cn1. The predicted molar refractivity (Wildman–Crippen MR) is 102 cm³/mol. The minimum Gasteiger partial charge on any atom is -0.380 e. The third kappa shape index (κ3) is 3.58. The fourth-order valence-electron chi connectivity index (χ4n) is 3.20. The van der Waals surface area contributed by atoms with E-state index in [-0.39, 0.29) is 37.7 Å². The quantitative estimate of drug-likeness (QED) is 0.295. The summed E-state index contributed by atoms with van der Waals surface area (Å²) in [5.74, 6) is 2.26. The van der Waals surface area contributed by atoms with Gasteiger partial charge in [0.15, 0.2) is 5.84 Å². The van der Waals surface area contributed by atoms with Crippen LogP contribution in [0, 0.1) is 0 Å². The molecule has 29 heavy (non-hydrogen) atoms. The number of piperidine rings is 1. The highest BCUT2D eigenvalue weighted by Gasteiger charge is 2.35. The lowest BCUT2D eigenvalue weighted by Gasteiger charge is -2.31. The molecule has 0 aliphatic carbocycles. The molecule has 0 unspecified atom stereocenters. The van der Waals surface area contributed by atoms with Gasteiger partial charge in [0.1, 0.15) is 11.2 Å². The molecule has 1 amide bonds. The van der Waals surface area contributed by atoms with Crippen molar-refractivity contribution in [3.63, 3.8) is 0 Å². The van der Waals surface area contributed by atoms with Gasteiger partial charge in [-0.05, 0) is 30.3 Å². The van der Waals surface area contributed by atoms with E-state index in [0.717, 1.165) is 0 Å². The van der Waals surface area contributed by atoms with Gasteiger partial charge < -0.3 is 16.5 Å². The maximum Gasteiger partial charge on any atom is 0.253 e. The second-order valence-corrected chi connectivity index (χ2v) is 6.77. The molecule has 0 spiro atoms. The number of nitrogens with zero attached hydrogens (tertiary/aromatic N) is 6. The number of carbonyl (C=O) groups excluding carboxylic acids is 1. The summed E-state index contributed by atoms with van der Waals surface area (Å²) in [6, 6.07) is 8.34. The highest BCUT2D eigenvalue weighted by molar-refractivity contribution is 5.97. The number of benzene rings is 1. The number of pyridine rings is 1. The molecule has 1 aromatic carbocycles. The zero-order valence-electron chi connectivity index (χ0n) is 15.3. The number of aromatic nitrogens is 4. The smallest absolute Gasteiger partial charge is 0.253 e. The van der Waals surface area contributed by atoms with E-state index in [1.165, 1.54) is 4.90 Å². The van der Waals surface area contributed by atoms with Crippen molar-refractivity contribution < 1.29 is 13.6 Å². The Morgan fingerprint density at radius 1 is 1.17 bits per heavy atom. The third-order valence-corrected chi connectivity index (χ3v) is 4.87. The van der Waals surface area contributed by atoms with Crippen molar-refractivity contribution >= 4 is 22.8 Å². The van der Waals surface area contributed by atoms with Gasteiger partial charge in [-0.15, -0.1) is 5.10 Å². The molecule has 150 valence electrons. The monoisotopic (exact) mass is 400 g/mol. The zero-order valence-corrected chi connectivity index (χ0v) is 15.3. The van der Waals surface area contributed by atoms with Crippen LogP contribution in [0.25, 0.3) is 16.7 Å². The van der Waals surface area contributed by atoms with E-state index in [9.17, 15) is 13.6 Å². The Kier molecular flexibility index (Phi) is 4.57. The molecule has 2 aromatic heterocycles. The molecule has 9 nitrogen and oxygen atoms in total. The number of amidine groups is 1. The standard InChI is InChI=1S/C18H18F2N8O/c19-18(20)5-7-27(8-6-18)17(29)11-1-4-15-14(9-11)25-26-28(15)12-2-3-13(23-10-12)16(21)24-22/h1-4,9-10H,5-8,22H2,(H2,21,24). The molecule has 4 rings (SSSR count). The van der Waals surface area contributed by atoms with Crippen molar-refractivity contribution in [2.24, 2.45) is 16.7 Å². The highest BCUT2D eigenvalue weighted by Crippen LogP contribution is 2.28. The summed E-state index contributed by atoms with van der Waals surface area (Å²) in [7, 11) is 0. The molecule has 1 saturated heterocycles. The van der Waals surface area contributed by atoms with E-state index < -0.39 is 5.92 Å². The maximum absolute atomic E-state index is 13.3. The first-order valence-corrected chi connectivity index (χ1v) is 8.91. The first-order valence-electron chi connectivity index (χ1n) is 8.91. The lowest BCUT2D eigenvalue weighted by Crippen LogP contribution is -2.42. The van der Waals surface area contributed by atoms with Crippen LogP contribution in [0.4, 0.5) is 8.78 Å². The van der Waals surface area contributed by atoms with Crippen LogP contribution in [-0.4, -0.2) is 55.6 Å². The number of alkyl halides is 2. The molecule has 4 N–H and O–H groups in total. The number of hydrogen-bond acceptors (Lipinski definition) is 6. The summed E-state index contributed by atoms with van der Waals surface area (Å²) in [5.41, 5.74) is 8.25. The second kappa shape index (κ2) is 7.08. The van der Waals surface area contributed by atoms with E-state index in [1.54, 1.807) is 41.2 Å². The van der Waals surface area contributed by atoms with E-state index in [2.05, 4.69) is 20.4 Å². The second-order valence-electron chi connectivity index (χ2n) is 6.77. The lowest BCUT2D eigenvalue weighted by molar-refractivity contribution is -0.0494. The molecule has 1 aliphatic heterocycles. The number of hydrazone groups is 1. The summed E-state index contributed by atoms with van der Waals surface area (Å²) in [6.45, 7) is 0.0631. The molecule has 0 bridgehead atoms. The van der Waals surface area contributed by atoms with Crippen molar-refractivity contribution in [3.05, 3.63) is 47.8 Å². The molecule has 3 heterocycles. The number of halogens is 2. The fraction of sp³-hybridized carbons (Fsp3) is 0.278. The van der Waals surface area contributed by atoms with Crippen LogP contribution in [0.1, 0.15) is 28.9 Å². The molecule has 3 aromatic rings. The van der Waals surface area contributed by atoms with Gasteiger partial charge in [0.05, 0.1) is 17.4 Å². The minimum absolute atomic E-state index is 0.0316. The van der Waals surface area contributed by atoms with Crippen molar-refractivity contribution in [1.82, 2.24) is 24.9 Å². The van der Waals surface area contributed by atoms with Crippen molar-refractivity contribution in [2.45, 2.75) is 18.8 Å². The molecular weight excluding hydrogens is 382 g/mol. The Morgan fingerprint density at radius 2 is 1.93 bits per heavy atom. The van der Waals surface area contributed by atoms with Gasteiger partial charge in [0.25, 0.3) is 11.8 Å². The van der Waals surface area contributed by atoms with Crippen LogP contribution < -0.4 is 11.6 Å². The average molecular weight is 400 g/mol. The average Bonchev–Trinajstić information content (AvgIpc) is 3.16. The molecule has 0 radical (unpaired) electrons. The summed E-state index contributed by atoms with van der Waals surface area (Å²) < 4.78 is 28.2. The number of carbonyl (C=O) groups is 1. The first-order chi connectivity index (χ1) is 13.9. The third-order valence-electron chi connectivity index (χ3n) is 4.87. The number of rotatable bonds is 3. The van der Waals surface area contributed by atoms with Gasteiger partial charge in [0, 0.05) is 31.5 Å². The van der Waals surface area contributed by atoms with Crippen molar-refractivity contribution in [1.29, 1.82) is 0 Å². The Balaban J connectivity index is 1.58. The van der Waals surface area contributed by atoms with Crippen LogP contribution in [0.3, 0.4) is 0 Å². The van der Waals surface area contributed by atoms with Crippen LogP contribution in [0.5, 0.6) is 0 Å². The van der Waals surface area contributed by atoms with Crippen molar-refractivity contribution in [2.75, 3.05) is 13.1 Å². The summed E-state index contributed by atoms with van der Waals surface area (Å²) in [4.78, 5) is 18.3. The topological polar surface area (TPSA) is 128 Å². The van der Waals surface area contributed by atoms with Crippen LogP contribution in [-0.2, 0) is 0 Å². The van der Waals surface area contributed by atoms with Gasteiger partial charge in [0.2, 0.25) is 0 Å². The number of hydrogen-bond donors (Lipinski definition) is 2. The van der Waals surface area contributed by atoms with Gasteiger partial charge >= 0.3 is 0 Å². The Hall–Kier alpha value is -3.63.